The van der Waals surface area contributed by atoms with E-state index < -0.39 is 5.97 Å². The smallest absolute Gasteiger partial charge is 0.335 e. The van der Waals surface area contributed by atoms with E-state index in [2.05, 4.69) is 0 Å². The maximum absolute atomic E-state index is 12.6. The zero-order valence-corrected chi connectivity index (χ0v) is 13.8. The van der Waals surface area contributed by atoms with Crippen LogP contribution in [-0.2, 0) is 4.79 Å². The molecule has 120 valence electrons. The highest BCUT2D eigenvalue weighted by atomic mass is 32.2. The van der Waals surface area contributed by atoms with Crippen molar-refractivity contribution in [2.45, 2.75) is 0 Å². The number of carboxylic acids is 1. The number of hydrogen-bond donors (Lipinski definition) is 1. The van der Waals surface area contributed by atoms with Crippen LogP contribution in [-0.4, -0.2) is 21.3 Å². The molecule has 1 N–H and O–H groups in total. The fraction of sp³-hybridized carbons (Fsp3) is 0. The van der Waals surface area contributed by atoms with Crippen molar-refractivity contribution in [3.05, 3.63) is 64.6 Å². The first-order chi connectivity index (χ1) is 11.5. The second kappa shape index (κ2) is 6.46. The van der Waals surface area contributed by atoms with Gasteiger partial charge in [0, 0.05) is 0 Å². The molecule has 1 saturated heterocycles. The van der Waals surface area contributed by atoms with Crippen molar-refractivity contribution >= 4 is 51.9 Å². The van der Waals surface area contributed by atoms with Crippen LogP contribution in [0.25, 0.3) is 6.08 Å². The second-order valence-electron chi connectivity index (χ2n) is 4.91. The molecule has 0 bridgehead atoms. The third kappa shape index (κ3) is 3.04. The fourth-order valence-corrected chi connectivity index (χ4v) is 3.50. The van der Waals surface area contributed by atoms with Gasteiger partial charge in [0.25, 0.3) is 5.91 Å². The average molecular weight is 356 g/mol. The zero-order chi connectivity index (χ0) is 17.3. The van der Waals surface area contributed by atoms with Crippen LogP contribution >= 0.6 is 24.0 Å². The SMILES string of the molecule is O=C(O)c1cccc(N2C(=O)/C(=C/c3ccccc3[O-])SC2=S)c1. The molecular weight excluding hydrogens is 346 g/mol. The van der Waals surface area contributed by atoms with Gasteiger partial charge in [0.05, 0.1) is 16.2 Å². The Labute approximate surface area is 147 Å². The van der Waals surface area contributed by atoms with Gasteiger partial charge in [0.1, 0.15) is 0 Å². The third-order valence-corrected chi connectivity index (χ3v) is 4.65. The lowest BCUT2D eigenvalue weighted by Gasteiger charge is -2.15. The third-order valence-electron chi connectivity index (χ3n) is 3.35. The van der Waals surface area contributed by atoms with Gasteiger partial charge in [-0.2, -0.15) is 0 Å². The van der Waals surface area contributed by atoms with Crippen molar-refractivity contribution in [2.75, 3.05) is 4.90 Å². The molecule has 1 aliphatic rings. The molecule has 1 heterocycles. The number of thioether (sulfide) groups is 1. The van der Waals surface area contributed by atoms with E-state index in [1.54, 1.807) is 30.3 Å². The van der Waals surface area contributed by atoms with Gasteiger partial charge in [0.15, 0.2) is 4.32 Å². The van der Waals surface area contributed by atoms with Crippen LogP contribution in [0.3, 0.4) is 0 Å². The van der Waals surface area contributed by atoms with Gasteiger partial charge in [-0.05, 0) is 29.8 Å². The number of amides is 1. The molecule has 7 heteroatoms. The van der Waals surface area contributed by atoms with E-state index in [1.165, 1.54) is 29.2 Å². The molecular formula is C17H10NO4S2-. The molecule has 2 aromatic carbocycles. The number of rotatable bonds is 3. The maximum Gasteiger partial charge on any atom is 0.335 e. The Balaban J connectivity index is 1.97. The monoisotopic (exact) mass is 356 g/mol. The number of carboxylic acid groups (broad SMARTS) is 1. The molecule has 0 saturated carbocycles. The molecule has 0 aromatic heterocycles. The lowest BCUT2D eigenvalue weighted by molar-refractivity contribution is -0.268. The molecule has 0 spiro atoms. The summed E-state index contributed by atoms with van der Waals surface area (Å²) in [4.78, 5) is 25.3. The molecule has 5 nitrogen and oxygen atoms in total. The molecule has 0 radical (unpaired) electrons. The number of para-hydroxylation sites is 1. The first kappa shape index (κ1) is 16.2. The second-order valence-corrected chi connectivity index (χ2v) is 6.59. The van der Waals surface area contributed by atoms with Crippen molar-refractivity contribution in [2.24, 2.45) is 0 Å². The summed E-state index contributed by atoms with van der Waals surface area (Å²) in [6, 6.07) is 12.4. The van der Waals surface area contributed by atoms with Crippen LogP contribution < -0.4 is 10.0 Å². The predicted octanol–water partition coefficient (Wildman–Crippen LogP) is 2.86. The largest absolute Gasteiger partial charge is 0.872 e. The van der Waals surface area contributed by atoms with Gasteiger partial charge >= 0.3 is 5.97 Å². The van der Waals surface area contributed by atoms with Crippen LogP contribution in [0.15, 0.2) is 53.4 Å². The van der Waals surface area contributed by atoms with Gasteiger partial charge in [0.2, 0.25) is 0 Å². The summed E-state index contributed by atoms with van der Waals surface area (Å²) in [5, 5.41) is 20.9. The summed E-state index contributed by atoms with van der Waals surface area (Å²) in [5.74, 6) is -1.65. The first-order valence-electron chi connectivity index (χ1n) is 6.85. The van der Waals surface area contributed by atoms with Gasteiger partial charge in [-0.3, -0.25) is 9.69 Å². The van der Waals surface area contributed by atoms with Crippen LogP contribution in [0.4, 0.5) is 5.69 Å². The zero-order valence-electron chi connectivity index (χ0n) is 12.1. The number of aromatic carboxylic acids is 1. The molecule has 2 aromatic rings. The Kier molecular flexibility index (Phi) is 4.37. The van der Waals surface area contributed by atoms with Crippen LogP contribution in [0.1, 0.15) is 15.9 Å². The molecule has 1 aliphatic heterocycles. The van der Waals surface area contributed by atoms with E-state index in [0.717, 1.165) is 11.8 Å². The van der Waals surface area contributed by atoms with E-state index >= 15 is 0 Å². The average Bonchev–Trinajstić information content (AvgIpc) is 2.83. The maximum atomic E-state index is 12.6. The predicted molar refractivity (Wildman–Crippen MR) is 94.9 cm³/mol. The van der Waals surface area contributed by atoms with Gasteiger partial charge < -0.3 is 10.2 Å². The minimum Gasteiger partial charge on any atom is -0.872 e. The lowest BCUT2D eigenvalue weighted by Crippen LogP contribution is -2.27. The topological polar surface area (TPSA) is 80.7 Å². The summed E-state index contributed by atoms with van der Waals surface area (Å²) in [6.45, 7) is 0. The molecule has 0 aliphatic carbocycles. The summed E-state index contributed by atoms with van der Waals surface area (Å²) >= 11 is 6.31. The Morgan fingerprint density at radius 3 is 2.67 bits per heavy atom. The van der Waals surface area contributed by atoms with Gasteiger partial charge in [-0.1, -0.05) is 54.3 Å². The Morgan fingerprint density at radius 1 is 1.21 bits per heavy atom. The number of carbonyl (C=O) groups excluding carboxylic acids is 1. The summed E-state index contributed by atoms with van der Waals surface area (Å²) in [7, 11) is 0. The normalized spacial score (nSPS) is 16.0. The first-order valence-corrected chi connectivity index (χ1v) is 8.07. The number of thiocarbonyl (C=S) groups is 1. The van der Waals surface area contributed by atoms with E-state index in [4.69, 9.17) is 17.3 Å². The summed E-state index contributed by atoms with van der Waals surface area (Å²) in [5.41, 5.74) is 0.851. The van der Waals surface area contributed by atoms with Crippen molar-refractivity contribution in [3.8, 4) is 5.75 Å². The lowest BCUT2D eigenvalue weighted by atomic mass is 10.1. The molecule has 1 amide bonds. The number of hydrogen-bond acceptors (Lipinski definition) is 5. The fourth-order valence-electron chi connectivity index (χ4n) is 2.21. The highest BCUT2D eigenvalue weighted by molar-refractivity contribution is 8.27. The van der Waals surface area contributed by atoms with Crippen molar-refractivity contribution < 1.29 is 19.8 Å². The Bertz CT molecular complexity index is 892. The molecule has 3 rings (SSSR count). The minimum absolute atomic E-state index is 0.0652. The van der Waals surface area contributed by atoms with Gasteiger partial charge in [-0.15, -0.1) is 5.75 Å². The van der Waals surface area contributed by atoms with Gasteiger partial charge in [-0.25, -0.2) is 4.79 Å². The van der Waals surface area contributed by atoms with E-state index in [0.29, 0.717) is 16.2 Å². The van der Waals surface area contributed by atoms with Crippen LogP contribution in [0.5, 0.6) is 5.75 Å². The molecule has 1 fully saturated rings. The molecule has 24 heavy (non-hydrogen) atoms. The minimum atomic E-state index is -1.09. The van der Waals surface area contributed by atoms with Crippen LogP contribution in [0, 0.1) is 0 Å². The van der Waals surface area contributed by atoms with E-state index in [-0.39, 0.29) is 21.5 Å². The van der Waals surface area contributed by atoms with Crippen molar-refractivity contribution in [1.82, 2.24) is 0 Å². The Morgan fingerprint density at radius 2 is 1.96 bits per heavy atom. The number of anilines is 1. The summed E-state index contributed by atoms with van der Waals surface area (Å²) in [6.07, 6.45) is 1.50. The highest BCUT2D eigenvalue weighted by Crippen LogP contribution is 2.36. The number of carbonyl (C=O) groups is 2. The molecule has 0 atom stereocenters. The number of benzene rings is 2. The Hall–Kier alpha value is -2.64. The molecule has 0 unspecified atom stereocenters. The van der Waals surface area contributed by atoms with E-state index in [1.807, 2.05) is 0 Å². The highest BCUT2D eigenvalue weighted by Gasteiger charge is 2.33. The summed E-state index contributed by atoms with van der Waals surface area (Å²) < 4.78 is 0.289. The van der Waals surface area contributed by atoms with Crippen molar-refractivity contribution in [1.29, 1.82) is 0 Å². The van der Waals surface area contributed by atoms with Crippen molar-refractivity contribution in [3.63, 3.8) is 0 Å². The van der Waals surface area contributed by atoms with E-state index in [9.17, 15) is 14.7 Å². The quantitative estimate of drug-likeness (QED) is 0.673. The standard InChI is InChI=1S/C17H11NO4S2/c19-13-7-2-1-4-10(13)9-14-15(20)18(17(23)24-14)12-6-3-5-11(8-12)16(21)22/h1-9,19H,(H,21,22)/p-1/b14-9-. The number of nitrogens with zero attached hydrogens (tertiary/aromatic N) is 1. The van der Waals surface area contributed by atoms with Crippen LogP contribution in [0.2, 0.25) is 0 Å².